The first kappa shape index (κ1) is 19.3. The van der Waals surface area contributed by atoms with E-state index in [2.05, 4.69) is 15.8 Å². The summed E-state index contributed by atoms with van der Waals surface area (Å²) >= 11 is 5.30. The number of hydrogen-bond acceptors (Lipinski definition) is 4. The van der Waals surface area contributed by atoms with Crippen LogP contribution in [0.3, 0.4) is 0 Å². The molecule has 29 heavy (non-hydrogen) atoms. The lowest BCUT2D eigenvalue weighted by Gasteiger charge is -2.11. The molecule has 1 fully saturated rings. The Morgan fingerprint density at radius 3 is 2.66 bits per heavy atom. The number of nitrogens with one attached hydrogen (secondary N) is 2. The number of aromatic nitrogens is 2. The van der Waals surface area contributed by atoms with E-state index in [0.717, 1.165) is 42.0 Å². The zero-order valence-electron chi connectivity index (χ0n) is 16.0. The molecule has 7 heteroatoms. The molecule has 0 radical (unpaired) electrons. The van der Waals surface area contributed by atoms with Gasteiger partial charge in [-0.2, -0.15) is 10.2 Å². The number of benzene rings is 2. The van der Waals surface area contributed by atoms with E-state index < -0.39 is 0 Å². The maximum Gasteiger partial charge on any atom is 0.187 e. The third kappa shape index (κ3) is 5.07. The first-order chi connectivity index (χ1) is 14.3. The molecule has 0 unspecified atom stereocenters. The number of hydrazone groups is 1. The highest BCUT2D eigenvalue weighted by molar-refractivity contribution is 7.80. The van der Waals surface area contributed by atoms with Crippen LogP contribution in [0.2, 0.25) is 0 Å². The first-order valence-electron chi connectivity index (χ1n) is 9.68. The van der Waals surface area contributed by atoms with Crippen molar-refractivity contribution in [3.8, 4) is 16.9 Å². The average Bonchev–Trinajstić information content (AvgIpc) is 3.44. The van der Waals surface area contributed by atoms with Gasteiger partial charge in [0.2, 0.25) is 0 Å². The fraction of sp³-hybridized carbons (Fsp3) is 0.227. The van der Waals surface area contributed by atoms with E-state index in [1.54, 1.807) is 6.21 Å². The van der Waals surface area contributed by atoms with Crippen molar-refractivity contribution in [3.63, 3.8) is 0 Å². The molecule has 1 aliphatic heterocycles. The van der Waals surface area contributed by atoms with Crippen LogP contribution in [0.5, 0.6) is 0 Å². The smallest absolute Gasteiger partial charge is 0.187 e. The van der Waals surface area contributed by atoms with Gasteiger partial charge in [0.15, 0.2) is 5.11 Å². The van der Waals surface area contributed by atoms with Gasteiger partial charge in [0.05, 0.1) is 18.0 Å². The highest BCUT2D eigenvalue weighted by Crippen LogP contribution is 2.22. The zero-order valence-corrected chi connectivity index (χ0v) is 16.8. The molecule has 0 aliphatic carbocycles. The minimum absolute atomic E-state index is 0.229. The molecule has 0 bridgehead atoms. The van der Waals surface area contributed by atoms with E-state index in [1.165, 1.54) is 0 Å². The molecule has 1 aromatic heterocycles. The molecule has 0 saturated carbocycles. The van der Waals surface area contributed by atoms with Crippen LogP contribution in [-0.4, -0.2) is 40.4 Å². The minimum Gasteiger partial charge on any atom is -0.376 e. The standard InChI is InChI=1S/C22H23N5OS/c29-22(23-15-20-12-7-13-28-20)25-24-14-18-16-27(19-10-5-2-6-11-19)26-21(18)17-8-3-1-4-9-17/h1-6,8-11,14,16,20H,7,12-13,15H2,(H2,23,25,29)/b24-14-/t20-/m0/s1. The maximum atomic E-state index is 5.59. The molecule has 148 valence electrons. The van der Waals surface area contributed by atoms with E-state index in [9.17, 15) is 0 Å². The van der Waals surface area contributed by atoms with Crippen LogP contribution < -0.4 is 10.7 Å². The quantitative estimate of drug-likeness (QED) is 0.373. The van der Waals surface area contributed by atoms with Gasteiger partial charge in [-0.15, -0.1) is 0 Å². The fourth-order valence-electron chi connectivity index (χ4n) is 3.23. The van der Waals surface area contributed by atoms with Gasteiger partial charge in [-0.05, 0) is 37.2 Å². The van der Waals surface area contributed by atoms with Gasteiger partial charge in [0, 0.05) is 30.5 Å². The third-order valence-electron chi connectivity index (χ3n) is 4.69. The van der Waals surface area contributed by atoms with E-state index in [1.807, 2.05) is 71.5 Å². The van der Waals surface area contributed by atoms with E-state index in [4.69, 9.17) is 22.1 Å². The van der Waals surface area contributed by atoms with E-state index in [0.29, 0.717) is 11.7 Å². The second-order valence-corrected chi connectivity index (χ2v) is 7.20. The summed E-state index contributed by atoms with van der Waals surface area (Å²) in [7, 11) is 0. The molecule has 2 aromatic carbocycles. The lowest BCUT2D eigenvalue weighted by molar-refractivity contribution is 0.114. The van der Waals surface area contributed by atoms with Gasteiger partial charge in [0.1, 0.15) is 5.69 Å². The molecular formula is C22H23N5OS. The normalized spacial score (nSPS) is 16.2. The zero-order chi connectivity index (χ0) is 19.9. The fourth-order valence-corrected chi connectivity index (χ4v) is 3.36. The highest BCUT2D eigenvalue weighted by atomic mass is 32.1. The third-order valence-corrected chi connectivity index (χ3v) is 4.93. The summed E-state index contributed by atoms with van der Waals surface area (Å²) in [5.74, 6) is 0. The summed E-state index contributed by atoms with van der Waals surface area (Å²) in [6, 6.07) is 20.1. The molecular weight excluding hydrogens is 382 g/mol. The Balaban J connectivity index is 1.48. The number of hydrogen-bond donors (Lipinski definition) is 2. The lowest BCUT2D eigenvalue weighted by Crippen LogP contribution is -2.37. The molecule has 3 aromatic rings. The summed E-state index contributed by atoms with van der Waals surface area (Å²) in [5.41, 5.74) is 6.66. The Hall–Kier alpha value is -3.03. The molecule has 0 spiro atoms. The average molecular weight is 406 g/mol. The van der Waals surface area contributed by atoms with Crippen molar-refractivity contribution < 1.29 is 4.74 Å². The molecule has 2 N–H and O–H groups in total. The van der Waals surface area contributed by atoms with Crippen molar-refractivity contribution in [2.45, 2.75) is 18.9 Å². The molecule has 1 saturated heterocycles. The minimum atomic E-state index is 0.229. The highest BCUT2D eigenvalue weighted by Gasteiger charge is 2.15. The van der Waals surface area contributed by atoms with Crippen molar-refractivity contribution in [1.29, 1.82) is 0 Å². The Morgan fingerprint density at radius 2 is 1.93 bits per heavy atom. The van der Waals surface area contributed by atoms with Crippen LogP contribution in [0, 0.1) is 0 Å². The summed E-state index contributed by atoms with van der Waals surface area (Å²) < 4.78 is 7.45. The summed E-state index contributed by atoms with van der Waals surface area (Å²) in [6.45, 7) is 1.53. The van der Waals surface area contributed by atoms with Crippen LogP contribution in [0.25, 0.3) is 16.9 Å². The van der Waals surface area contributed by atoms with Crippen molar-refractivity contribution in [1.82, 2.24) is 20.5 Å². The first-order valence-corrected chi connectivity index (χ1v) is 10.1. The Kier molecular flexibility index (Phi) is 6.29. The van der Waals surface area contributed by atoms with Gasteiger partial charge < -0.3 is 10.1 Å². The Bertz CT molecular complexity index is 965. The van der Waals surface area contributed by atoms with Gasteiger partial charge in [-0.1, -0.05) is 48.5 Å². The largest absolute Gasteiger partial charge is 0.376 e. The van der Waals surface area contributed by atoms with E-state index in [-0.39, 0.29) is 6.10 Å². The monoisotopic (exact) mass is 405 g/mol. The van der Waals surface area contributed by atoms with Gasteiger partial charge in [-0.3, -0.25) is 5.43 Å². The van der Waals surface area contributed by atoms with Crippen LogP contribution in [0.15, 0.2) is 72.0 Å². The summed E-state index contributed by atoms with van der Waals surface area (Å²) in [5, 5.41) is 12.7. The number of thiocarbonyl (C=S) groups is 1. The van der Waals surface area contributed by atoms with Crippen molar-refractivity contribution >= 4 is 23.5 Å². The van der Waals surface area contributed by atoms with Crippen molar-refractivity contribution in [3.05, 3.63) is 72.4 Å². The lowest BCUT2D eigenvalue weighted by atomic mass is 10.1. The van der Waals surface area contributed by atoms with Crippen LogP contribution in [-0.2, 0) is 4.74 Å². The second-order valence-electron chi connectivity index (χ2n) is 6.79. The Labute approximate surface area is 175 Å². The van der Waals surface area contributed by atoms with Crippen LogP contribution in [0.1, 0.15) is 18.4 Å². The van der Waals surface area contributed by atoms with Gasteiger partial charge in [-0.25, -0.2) is 4.68 Å². The van der Waals surface area contributed by atoms with Crippen LogP contribution in [0.4, 0.5) is 0 Å². The Morgan fingerprint density at radius 1 is 1.17 bits per heavy atom. The summed E-state index contributed by atoms with van der Waals surface area (Å²) in [6.07, 6.45) is 6.11. The van der Waals surface area contributed by atoms with Gasteiger partial charge in [0.25, 0.3) is 0 Å². The van der Waals surface area contributed by atoms with E-state index >= 15 is 0 Å². The number of nitrogens with zero attached hydrogens (tertiary/aromatic N) is 3. The number of rotatable bonds is 6. The molecule has 1 atom stereocenters. The number of para-hydroxylation sites is 1. The summed E-state index contributed by atoms with van der Waals surface area (Å²) in [4.78, 5) is 0. The predicted molar refractivity (Wildman–Crippen MR) is 119 cm³/mol. The van der Waals surface area contributed by atoms with Crippen molar-refractivity contribution in [2.75, 3.05) is 13.2 Å². The molecule has 4 rings (SSSR count). The predicted octanol–water partition coefficient (Wildman–Crippen LogP) is 3.52. The van der Waals surface area contributed by atoms with Crippen LogP contribution >= 0.6 is 12.2 Å². The maximum absolute atomic E-state index is 5.59. The van der Waals surface area contributed by atoms with Crippen molar-refractivity contribution in [2.24, 2.45) is 5.10 Å². The topological polar surface area (TPSA) is 63.5 Å². The molecule has 6 nitrogen and oxygen atoms in total. The molecule has 1 aliphatic rings. The van der Waals surface area contributed by atoms with Gasteiger partial charge >= 0.3 is 0 Å². The molecule has 2 heterocycles. The number of ether oxygens (including phenoxy) is 1. The second kappa shape index (κ2) is 9.45. The SMILES string of the molecule is S=C(NC[C@@H]1CCCO1)N/N=C\c1cn(-c2ccccc2)nc1-c1ccccc1. The molecule has 0 amide bonds.